The molecule has 3 aromatic carbocycles. The van der Waals surface area contributed by atoms with Crippen molar-refractivity contribution < 1.29 is 0 Å². The maximum absolute atomic E-state index is 4.35. The molecular formula is C17H13N2. The lowest BCUT2D eigenvalue weighted by Crippen LogP contribution is -2.11. The zero-order valence-electron chi connectivity index (χ0n) is 10.5. The predicted octanol–water partition coefficient (Wildman–Crippen LogP) is 3.99. The van der Waals surface area contributed by atoms with Crippen molar-refractivity contribution in [2.24, 2.45) is 5.10 Å². The number of hydrazone groups is 1. The van der Waals surface area contributed by atoms with E-state index in [1.165, 1.54) is 16.2 Å². The molecule has 1 radical (unpaired) electrons. The predicted molar refractivity (Wildman–Crippen MR) is 80.7 cm³/mol. The molecule has 0 saturated carbocycles. The Morgan fingerprint density at radius 3 is 2.58 bits per heavy atom. The summed E-state index contributed by atoms with van der Waals surface area (Å²) in [5.41, 5.74) is 1.05. The zero-order chi connectivity index (χ0) is 12.7. The SMILES string of the molecule is [c]1c(N2CCC=N2)ccc2cc3ccccc3cc12. The van der Waals surface area contributed by atoms with E-state index in [1.54, 1.807) is 0 Å². The number of benzene rings is 3. The lowest BCUT2D eigenvalue weighted by molar-refractivity contribution is 0.922. The van der Waals surface area contributed by atoms with Crippen LogP contribution in [0.25, 0.3) is 21.5 Å². The average Bonchev–Trinajstić information content (AvgIpc) is 2.98. The standard InChI is InChI=1S/C17H13N2/c1-2-5-14-11-16-12-17(19-9-3-8-18-19)7-6-15(16)10-13(14)4-1/h1-2,4-8,10-11H,3,9H2. The van der Waals surface area contributed by atoms with Gasteiger partial charge in [0.05, 0.1) is 5.69 Å². The summed E-state index contributed by atoms with van der Waals surface area (Å²) >= 11 is 0. The first-order chi connectivity index (χ1) is 9.40. The highest BCUT2D eigenvalue weighted by Gasteiger charge is 2.09. The first kappa shape index (κ1) is 10.6. The number of anilines is 1. The highest BCUT2D eigenvalue weighted by molar-refractivity contribution is 5.99. The third-order valence-corrected chi connectivity index (χ3v) is 3.57. The van der Waals surface area contributed by atoms with Crippen LogP contribution in [0.2, 0.25) is 0 Å². The topological polar surface area (TPSA) is 15.6 Å². The second kappa shape index (κ2) is 4.09. The van der Waals surface area contributed by atoms with Crippen LogP contribution in [0.1, 0.15) is 6.42 Å². The van der Waals surface area contributed by atoms with Gasteiger partial charge in [-0.05, 0) is 39.7 Å². The van der Waals surface area contributed by atoms with E-state index in [-0.39, 0.29) is 0 Å². The Labute approximate surface area is 112 Å². The molecule has 0 fully saturated rings. The van der Waals surface area contributed by atoms with E-state index >= 15 is 0 Å². The molecule has 0 aromatic heterocycles. The fourth-order valence-corrected chi connectivity index (χ4v) is 2.58. The molecule has 91 valence electrons. The van der Waals surface area contributed by atoms with E-state index in [4.69, 9.17) is 0 Å². The second-order valence-corrected chi connectivity index (χ2v) is 4.84. The van der Waals surface area contributed by atoms with Crippen LogP contribution in [-0.4, -0.2) is 12.8 Å². The van der Waals surface area contributed by atoms with Crippen LogP contribution in [0.4, 0.5) is 5.69 Å². The van der Waals surface area contributed by atoms with Crippen molar-refractivity contribution in [3.05, 3.63) is 54.6 Å². The number of hydrogen-bond acceptors (Lipinski definition) is 2. The molecule has 0 spiro atoms. The maximum Gasteiger partial charge on any atom is 0.0679 e. The number of nitrogens with zero attached hydrogens (tertiary/aromatic N) is 2. The lowest BCUT2D eigenvalue weighted by atomic mass is 10.0. The van der Waals surface area contributed by atoms with Gasteiger partial charge in [0.1, 0.15) is 0 Å². The van der Waals surface area contributed by atoms with Crippen LogP contribution in [0.3, 0.4) is 0 Å². The summed E-state index contributed by atoms with van der Waals surface area (Å²) in [6.07, 6.45) is 2.97. The summed E-state index contributed by atoms with van der Waals surface area (Å²) < 4.78 is 0. The highest BCUT2D eigenvalue weighted by Crippen LogP contribution is 2.27. The first-order valence-corrected chi connectivity index (χ1v) is 6.55. The van der Waals surface area contributed by atoms with Crippen LogP contribution in [0.5, 0.6) is 0 Å². The summed E-state index contributed by atoms with van der Waals surface area (Å²) in [6, 6.07) is 20.6. The minimum Gasteiger partial charge on any atom is -0.265 e. The van der Waals surface area contributed by atoms with E-state index in [1.807, 2.05) is 11.2 Å². The van der Waals surface area contributed by atoms with Crippen molar-refractivity contribution in [3.63, 3.8) is 0 Å². The number of hydrogen-bond donors (Lipinski definition) is 0. The molecule has 0 unspecified atom stereocenters. The lowest BCUT2D eigenvalue weighted by Gasteiger charge is -2.14. The van der Waals surface area contributed by atoms with E-state index in [9.17, 15) is 0 Å². The molecule has 1 aliphatic heterocycles. The summed E-state index contributed by atoms with van der Waals surface area (Å²) in [7, 11) is 0. The van der Waals surface area contributed by atoms with Crippen molar-refractivity contribution in [2.75, 3.05) is 11.6 Å². The number of rotatable bonds is 1. The van der Waals surface area contributed by atoms with Gasteiger partial charge in [0.15, 0.2) is 0 Å². The van der Waals surface area contributed by atoms with Crippen LogP contribution >= 0.6 is 0 Å². The molecule has 19 heavy (non-hydrogen) atoms. The highest BCUT2D eigenvalue weighted by atomic mass is 15.5. The van der Waals surface area contributed by atoms with E-state index in [0.29, 0.717) is 0 Å². The van der Waals surface area contributed by atoms with Gasteiger partial charge in [-0.2, -0.15) is 5.10 Å². The second-order valence-electron chi connectivity index (χ2n) is 4.84. The minimum atomic E-state index is 0.954. The smallest absolute Gasteiger partial charge is 0.0679 e. The quantitative estimate of drug-likeness (QED) is 0.592. The molecule has 0 amide bonds. The summed E-state index contributed by atoms with van der Waals surface area (Å²) in [6.45, 7) is 0.954. The van der Waals surface area contributed by atoms with Gasteiger partial charge in [-0.15, -0.1) is 0 Å². The Morgan fingerprint density at radius 1 is 0.947 bits per heavy atom. The largest absolute Gasteiger partial charge is 0.265 e. The Bertz CT molecular complexity index is 789. The van der Waals surface area contributed by atoms with Gasteiger partial charge >= 0.3 is 0 Å². The molecule has 0 bridgehead atoms. The van der Waals surface area contributed by atoms with Crippen molar-refractivity contribution in [1.82, 2.24) is 0 Å². The molecular weight excluding hydrogens is 232 g/mol. The Morgan fingerprint density at radius 2 is 1.79 bits per heavy atom. The van der Waals surface area contributed by atoms with Crippen molar-refractivity contribution in [1.29, 1.82) is 0 Å². The Kier molecular flexibility index (Phi) is 2.27. The fraction of sp³-hybridized carbons (Fsp3) is 0.118. The number of fused-ring (bicyclic) bond motifs is 2. The molecule has 3 aromatic rings. The summed E-state index contributed by atoms with van der Waals surface area (Å²) in [5, 5.41) is 11.3. The van der Waals surface area contributed by atoms with Gasteiger partial charge in [-0.1, -0.05) is 30.3 Å². The van der Waals surface area contributed by atoms with Crippen molar-refractivity contribution in [2.45, 2.75) is 6.42 Å². The van der Waals surface area contributed by atoms with E-state index in [2.05, 4.69) is 59.7 Å². The van der Waals surface area contributed by atoms with E-state index < -0.39 is 0 Å². The van der Waals surface area contributed by atoms with Gasteiger partial charge in [0.2, 0.25) is 0 Å². The van der Waals surface area contributed by atoms with Crippen LogP contribution in [0.15, 0.2) is 53.6 Å². The zero-order valence-corrected chi connectivity index (χ0v) is 10.5. The monoisotopic (exact) mass is 245 g/mol. The van der Waals surface area contributed by atoms with Crippen LogP contribution < -0.4 is 5.01 Å². The van der Waals surface area contributed by atoms with Crippen LogP contribution in [-0.2, 0) is 0 Å². The molecule has 1 heterocycles. The molecule has 0 atom stereocenters. The van der Waals surface area contributed by atoms with Gasteiger partial charge in [-0.25, -0.2) is 0 Å². The van der Waals surface area contributed by atoms with Gasteiger partial charge in [0.25, 0.3) is 0 Å². The van der Waals surface area contributed by atoms with Crippen molar-refractivity contribution in [3.8, 4) is 0 Å². The third kappa shape index (κ3) is 1.76. The fourth-order valence-electron chi connectivity index (χ4n) is 2.58. The molecule has 0 aliphatic carbocycles. The maximum atomic E-state index is 4.35. The molecule has 0 saturated heterocycles. The molecule has 2 heteroatoms. The summed E-state index contributed by atoms with van der Waals surface area (Å²) in [5.74, 6) is 0. The first-order valence-electron chi connectivity index (χ1n) is 6.55. The summed E-state index contributed by atoms with van der Waals surface area (Å²) in [4.78, 5) is 0. The molecule has 4 rings (SSSR count). The normalized spacial score (nSPS) is 14.6. The molecule has 0 N–H and O–H groups in total. The van der Waals surface area contributed by atoms with Gasteiger partial charge in [0, 0.05) is 25.2 Å². The van der Waals surface area contributed by atoms with Gasteiger partial charge < -0.3 is 0 Å². The molecule has 1 aliphatic rings. The van der Waals surface area contributed by atoms with Gasteiger partial charge in [-0.3, -0.25) is 5.01 Å². The van der Waals surface area contributed by atoms with Crippen molar-refractivity contribution >= 4 is 33.4 Å². The Balaban J connectivity index is 1.92. The third-order valence-electron chi connectivity index (χ3n) is 3.57. The van der Waals surface area contributed by atoms with E-state index in [0.717, 1.165) is 24.0 Å². The Hall–Kier alpha value is -2.35. The average molecular weight is 245 g/mol. The molecule has 2 nitrogen and oxygen atoms in total. The van der Waals surface area contributed by atoms with Crippen LogP contribution in [0, 0.1) is 6.07 Å². The minimum absolute atomic E-state index is 0.954.